The molecule has 19 heavy (non-hydrogen) atoms. The van der Waals surface area contributed by atoms with E-state index < -0.39 is 11.6 Å². The van der Waals surface area contributed by atoms with Crippen LogP contribution in [0.25, 0.3) is 11.1 Å². The van der Waals surface area contributed by atoms with Gasteiger partial charge in [0.1, 0.15) is 29.7 Å². The average Bonchev–Trinajstić information content (AvgIpc) is 2.86. The van der Waals surface area contributed by atoms with Gasteiger partial charge in [-0.25, -0.2) is 8.78 Å². The van der Waals surface area contributed by atoms with E-state index in [-0.39, 0.29) is 0 Å². The molecule has 1 aliphatic rings. The summed E-state index contributed by atoms with van der Waals surface area (Å²) in [6.07, 6.45) is 0.641. The Labute approximate surface area is 109 Å². The fraction of sp³-hybridized carbons (Fsp3) is 0.133. The van der Waals surface area contributed by atoms with Gasteiger partial charge in [0, 0.05) is 29.2 Å². The molecule has 0 saturated heterocycles. The zero-order valence-corrected chi connectivity index (χ0v) is 10.2. The minimum absolute atomic E-state index is 0.298. The molecule has 4 heteroatoms. The molecule has 0 aromatic heterocycles. The van der Waals surface area contributed by atoms with Crippen molar-refractivity contribution in [3.63, 3.8) is 0 Å². The van der Waals surface area contributed by atoms with E-state index in [0.717, 1.165) is 11.6 Å². The molecule has 2 aromatic carbocycles. The van der Waals surface area contributed by atoms with Crippen LogP contribution in [0.5, 0.6) is 11.5 Å². The Bertz CT molecular complexity index is 638. The Morgan fingerprint density at radius 1 is 1.11 bits per heavy atom. The summed E-state index contributed by atoms with van der Waals surface area (Å²) in [5.74, 6) is 0.00177. The van der Waals surface area contributed by atoms with Crippen LogP contribution in [0, 0.1) is 18.2 Å². The molecule has 3 rings (SSSR count). The molecule has 97 valence electrons. The maximum atomic E-state index is 13.9. The van der Waals surface area contributed by atoms with Gasteiger partial charge in [-0.3, -0.25) is 0 Å². The van der Waals surface area contributed by atoms with Gasteiger partial charge in [-0.15, -0.1) is 0 Å². The van der Waals surface area contributed by atoms with Crippen LogP contribution in [0.1, 0.15) is 5.56 Å². The van der Waals surface area contributed by atoms with Gasteiger partial charge < -0.3 is 9.47 Å². The van der Waals surface area contributed by atoms with Crippen molar-refractivity contribution < 1.29 is 18.3 Å². The average molecular weight is 261 g/mol. The second kappa shape index (κ2) is 4.53. The number of halogens is 2. The molecule has 0 bridgehead atoms. The van der Waals surface area contributed by atoms with Gasteiger partial charge in [-0.05, 0) is 24.3 Å². The van der Waals surface area contributed by atoms with Gasteiger partial charge in [-0.2, -0.15) is 0 Å². The molecule has 0 fully saturated rings. The van der Waals surface area contributed by atoms with Gasteiger partial charge >= 0.3 is 0 Å². The Morgan fingerprint density at radius 2 is 1.95 bits per heavy atom. The highest BCUT2D eigenvalue weighted by Crippen LogP contribution is 2.41. The summed E-state index contributed by atoms with van der Waals surface area (Å²) >= 11 is 0. The topological polar surface area (TPSA) is 18.5 Å². The molecular formula is C15H11F2O2. The molecule has 2 nitrogen and oxygen atoms in total. The third kappa shape index (κ3) is 2.03. The molecule has 0 unspecified atom stereocenters. The highest BCUT2D eigenvalue weighted by molar-refractivity contribution is 5.75. The van der Waals surface area contributed by atoms with Gasteiger partial charge in [0.15, 0.2) is 0 Å². The van der Waals surface area contributed by atoms with Crippen molar-refractivity contribution in [1.82, 2.24) is 0 Å². The van der Waals surface area contributed by atoms with Crippen LogP contribution < -0.4 is 9.47 Å². The standard InChI is InChI=1S/C15H11F2O2/c1-18-11-6-9-4-5-19-15(9)13(8-11)12-3-2-10(16)7-14(12)17/h2-3,5-8H,4H2,1H3. The van der Waals surface area contributed by atoms with Crippen molar-refractivity contribution in [2.24, 2.45) is 0 Å². The molecule has 1 radical (unpaired) electrons. The lowest BCUT2D eigenvalue weighted by atomic mass is 10.00. The van der Waals surface area contributed by atoms with Crippen LogP contribution in [0.15, 0.2) is 30.3 Å². The number of rotatable bonds is 2. The lowest BCUT2D eigenvalue weighted by molar-refractivity contribution is 0.412. The minimum atomic E-state index is -0.619. The quantitative estimate of drug-likeness (QED) is 0.820. The molecule has 0 amide bonds. The number of methoxy groups -OCH3 is 1. The summed E-state index contributed by atoms with van der Waals surface area (Å²) in [6.45, 7) is 1.65. The smallest absolute Gasteiger partial charge is 0.140 e. The molecule has 1 aliphatic heterocycles. The minimum Gasteiger partial charge on any atom is -0.497 e. The lowest BCUT2D eigenvalue weighted by Crippen LogP contribution is -1.92. The zero-order chi connectivity index (χ0) is 13.4. The van der Waals surface area contributed by atoms with Crippen LogP contribution in [0.3, 0.4) is 0 Å². The van der Waals surface area contributed by atoms with Gasteiger partial charge in [0.2, 0.25) is 0 Å². The number of hydrogen-bond donors (Lipinski definition) is 0. The van der Waals surface area contributed by atoms with E-state index in [1.807, 2.05) is 6.07 Å². The number of ether oxygens (including phenoxy) is 2. The summed E-state index contributed by atoms with van der Waals surface area (Å²) in [5, 5.41) is 0. The summed E-state index contributed by atoms with van der Waals surface area (Å²) in [7, 11) is 1.55. The highest BCUT2D eigenvalue weighted by atomic mass is 19.1. The molecule has 2 aromatic rings. The third-order valence-electron chi connectivity index (χ3n) is 3.10. The maximum absolute atomic E-state index is 13.9. The SMILES string of the molecule is COc1cc2c(c(-c3ccc(F)cc3F)c1)O[CH]C2. The van der Waals surface area contributed by atoms with Crippen molar-refractivity contribution >= 4 is 0 Å². The number of hydrogen-bond acceptors (Lipinski definition) is 2. The van der Waals surface area contributed by atoms with Crippen LogP contribution in [-0.2, 0) is 6.42 Å². The van der Waals surface area contributed by atoms with Crippen molar-refractivity contribution in [1.29, 1.82) is 0 Å². The number of benzene rings is 2. The Balaban J connectivity index is 2.21. The molecule has 0 aliphatic carbocycles. The van der Waals surface area contributed by atoms with E-state index in [1.165, 1.54) is 12.1 Å². The molecule has 0 spiro atoms. The second-order valence-corrected chi connectivity index (χ2v) is 4.28. The van der Waals surface area contributed by atoms with Crippen LogP contribution in [0.2, 0.25) is 0 Å². The molecular weight excluding hydrogens is 250 g/mol. The summed E-state index contributed by atoms with van der Waals surface area (Å²) in [4.78, 5) is 0. The zero-order valence-electron chi connectivity index (χ0n) is 10.2. The Morgan fingerprint density at radius 3 is 2.68 bits per heavy atom. The molecule has 1 heterocycles. The predicted octanol–water partition coefficient (Wildman–Crippen LogP) is 3.74. The monoisotopic (exact) mass is 261 g/mol. The first-order chi connectivity index (χ1) is 9.19. The first-order valence-electron chi connectivity index (χ1n) is 5.83. The van der Waals surface area contributed by atoms with Crippen molar-refractivity contribution in [3.05, 3.63) is 54.1 Å². The van der Waals surface area contributed by atoms with Gasteiger partial charge in [-0.1, -0.05) is 0 Å². The van der Waals surface area contributed by atoms with E-state index in [0.29, 0.717) is 29.0 Å². The summed E-state index contributed by atoms with van der Waals surface area (Å²) in [6, 6.07) is 7.03. The lowest BCUT2D eigenvalue weighted by Gasteiger charge is -2.11. The maximum Gasteiger partial charge on any atom is 0.140 e. The first kappa shape index (κ1) is 12.0. The van der Waals surface area contributed by atoms with Crippen LogP contribution in [0.4, 0.5) is 8.78 Å². The van der Waals surface area contributed by atoms with E-state index in [1.54, 1.807) is 19.8 Å². The Hall–Kier alpha value is -2.10. The first-order valence-corrected chi connectivity index (χ1v) is 5.83. The van der Waals surface area contributed by atoms with E-state index in [4.69, 9.17) is 9.47 Å². The third-order valence-corrected chi connectivity index (χ3v) is 3.10. The van der Waals surface area contributed by atoms with E-state index >= 15 is 0 Å². The van der Waals surface area contributed by atoms with Crippen LogP contribution >= 0.6 is 0 Å². The largest absolute Gasteiger partial charge is 0.497 e. The molecule has 0 N–H and O–H groups in total. The summed E-state index contributed by atoms with van der Waals surface area (Å²) in [5.41, 5.74) is 1.80. The van der Waals surface area contributed by atoms with Gasteiger partial charge in [0.05, 0.1) is 7.11 Å². The van der Waals surface area contributed by atoms with E-state index in [2.05, 4.69) is 0 Å². The molecule has 0 saturated carbocycles. The highest BCUT2D eigenvalue weighted by Gasteiger charge is 2.21. The summed E-state index contributed by atoms with van der Waals surface area (Å²) < 4.78 is 37.5. The van der Waals surface area contributed by atoms with Crippen molar-refractivity contribution in [2.75, 3.05) is 7.11 Å². The van der Waals surface area contributed by atoms with E-state index in [9.17, 15) is 8.78 Å². The predicted molar refractivity (Wildman–Crippen MR) is 67.0 cm³/mol. The fourth-order valence-electron chi connectivity index (χ4n) is 2.19. The fourth-order valence-corrected chi connectivity index (χ4v) is 2.19. The second-order valence-electron chi connectivity index (χ2n) is 4.28. The number of fused-ring (bicyclic) bond motifs is 1. The van der Waals surface area contributed by atoms with Crippen LogP contribution in [-0.4, -0.2) is 7.11 Å². The normalized spacial score (nSPS) is 13.0. The van der Waals surface area contributed by atoms with Crippen molar-refractivity contribution in [3.8, 4) is 22.6 Å². The van der Waals surface area contributed by atoms with Gasteiger partial charge in [0.25, 0.3) is 0 Å². The van der Waals surface area contributed by atoms with Crippen molar-refractivity contribution in [2.45, 2.75) is 6.42 Å². The Kier molecular flexibility index (Phi) is 2.85. The molecule has 0 atom stereocenters.